The van der Waals surface area contributed by atoms with Gasteiger partial charge >= 0.3 is 0 Å². The lowest BCUT2D eigenvalue weighted by Crippen LogP contribution is -2.46. The first-order valence-electron chi connectivity index (χ1n) is 9.00. The molecule has 1 heterocycles. The molecule has 1 fully saturated rings. The highest BCUT2D eigenvalue weighted by Gasteiger charge is 2.37. The third-order valence-corrected chi connectivity index (χ3v) is 6.53. The molecule has 1 aromatic carbocycles. The second kappa shape index (κ2) is 7.65. The maximum Gasteiger partial charge on any atom is 0.255 e. The number of thioether (sulfide) groups is 1. The lowest BCUT2D eigenvalue weighted by Gasteiger charge is -2.44. The van der Waals surface area contributed by atoms with Gasteiger partial charge < -0.3 is 10.6 Å². The van der Waals surface area contributed by atoms with Crippen LogP contribution in [0.25, 0.3) is 0 Å². The number of amides is 2. The minimum Gasteiger partial charge on any atom is -0.369 e. The molecular weight excluding hydrogens is 332 g/mol. The number of benzene rings is 1. The molecular formula is C20H26N2O2S. The zero-order chi connectivity index (χ0) is 17.9. The van der Waals surface area contributed by atoms with Crippen molar-refractivity contribution < 1.29 is 9.59 Å². The second-order valence-electron chi connectivity index (χ2n) is 7.20. The Labute approximate surface area is 153 Å². The number of likely N-dealkylation sites (tertiary alicyclic amines) is 1. The molecule has 2 amide bonds. The first kappa shape index (κ1) is 18.1. The van der Waals surface area contributed by atoms with E-state index in [2.05, 4.69) is 12.2 Å². The Kier molecular flexibility index (Phi) is 5.52. The highest BCUT2D eigenvalue weighted by atomic mass is 32.2. The third kappa shape index (κ3) is 4.09. The van der Waals surface area contributed by atoms with Gasteiger partial charge in [0.1, 0.15) is 0 Å². The fourth-order valence-corrected chi connectivity index (χ4v) is 4.80. The fraction of sp³-hybridized carbons (Fsp3) is 0.500. The molecule has 3 rings (SSSR count). The van der Waals surface area contributed by atoms with Crippen LogP contribution in [0.2, 0.25) is 0 Å². The lowest BCUT2D eigenvalue weighted by atomic mass is 9.71. The first-order chi connectivity index (χ1) is 12.0. The van der Waals surface area contributed by atoms with E-state index in [1.165, 1.54) is 24.6 Å². The molecule has 1 aliphatic carbocycles. The fourth-order valence-electron chi connectivity index (χ4n) is 3.86. The Balaban J connectivity index is 1.78. The number of hydrogen-bond acceptors (Lipinski definition) is 3. The summed E-state index contributed by atoms with van der Waals surface area (Å²) in [4.78, 5) is 27.4. The van der Waals surface area contributed by atoms with Gasteiger partial charge in [-0.15, -0.1) is 11.8 Å². The maximum absolute atomic E-state index is 13.2. The molecule has 0 radical (unpaired) electrons. The van der Waals surface area contributed by atoms with E-state index >= 15 is 0 Å². The molecule has 2 atom stereocenters. The van der Waals surface area contributed by atoms with Crippen LogP contribution in [0, 0.1) is 5.41 Å². The molecule has 2 aliphatic rings. The van der Waals surface area contributed by atoms with E-state index in [9.17, 15) is 9.59 Å². The third-order valence-electron chi connectivity index (χ3n) is 5.33. The average molecular weight is 359 g/mol. The SMILES string of the molecule is CC(Sc1ccccc1C(=O)N1CCCC2(CC=CCC2)C1)C(N)=O. The van der Waals surface area contributed by atoms with Gasteiger partial charge in [-0.05, 0) is 56.6 Å². The molecule has 25 heavy (non-hydrogen) atoms. The summed E-state index contributed by atoms with van der Waals surface area (Å²) in [5, 5.41) is -0.356. The number of primary amides is 1. The molecule has 1 spiro atoms. The number of hydrogen-bond donors (Lipinski definition) is 1. The number of carbonyl (C=O) groups excluding carboxylic acids is 2. The zero-order valence-electron chi connectivity index (χ0n) is 14.7. The molecule has 134 valence electrons. The van der Waals surface area contributed by atoms with Crippen LogP contribution in [0.15, 0.2) is 41.3 Å². The number of carbonyl (C=O) groups is 2. The summed E-state index contributed by atoms with van der Waals surface area (Å²) < 4.78 is 0. The summed E-state index contributed by atoms with van der Waals surface area (Å²) in [5.41, 5.74) is 6.32. The molecule has 2 N–H and O–H groups in total. The monoisotopic (exact) mass is 358 g/mol. The van der Waals surface area contributed by atoms with E-state index in [-0.39, 0.29) is 22.5 Å². The summed E-state index contributed by atoms with van der Waals surface area (Å²) in [6.07, 6.45) is 10.2. The normalized spacial score (nSPS) is 24.3. The van der Waals surface area contributed by atoms with Crippen LogP contribution in [0.5, 0.6) is 0 Å². The number of piperidine rings is 1. The molecule has 1 saturated heterocycles. The molecule has 0 saturated carbocycles. The molecule has 1 aliphatic heterocycles. The Bertz CT molecular complexity index is 688. The van der Waals surface area contributed by atoms with Crippen LogP contribution in [0.1, 0.15) is 49.4 Å². The topological polar surface area (TPSA) is 63.4 Å². The van der Waals surface area contributed by atoms with Crippen molar-refractivity contribution in [3.63, 3.8) is 0 Å². The Morgan fingerprint density at radius 1 is 1.24 bits per heavy atom. The molecule has 0 bridgehead atoms. The van der Waals surface area contributed by atoms with E-state index < -0.39 is 0 Å². The van der Waals surface area contributed by atoms with E-state index in [4.69, 9.17) is 5.73 Å². The van der Waals surface area contributed by atoms with Crippen LogP contribution in [0.4, 0.5) is 0 Å². The number of allylic oxidation sites excluding steroid dienone is 2. The van der Waals surface area contributed by atoms with Gasteiger partial charge in [-0.3, -0.25) is 9.59 Å². The van der Waals surface area contributed by atoms with Crippen molar-refractivity contribution >= 4 is 23.6 Å². The van der Waals surface area contributed by atoms with Crippen LogP contribution < -0.4 is 5.73 Å². The minimum atomic E-state index is -0.363. The lowest BCUT2D eigenvalue weighted by molar-refractivity contribution is -0.117. The predicted octanol–water partition coefficient (Wildman–Crippen LogP) is 3.62. The number of nitrogens with two attached hydrogens (primary N) is 1. The summed E-state index contributed by atoms with van der Waals surface area (Å²) in [6.45, 7) is 3.42. The highest BCUT2D eigenvalue weighted by molar-refractivity contribution is 8.00. The van der Waals surface area contributed by atoms with E-state index in [0.717, 1.165) is 37.2 Å². The van der Waals surface area contributed by atoms with Gasteiger partial charge in [0.25, 0.3) is 5.91 Å². The number of nitrogens with zero attached hydrogens (tertiary/aromatic N) is 1. The first-order valence-corrected chi connectivity index (χ1v) is 9.88. The van der Waals surface area contributed by atoms with Crippen molar-refractivity contribution in [3.8, 4) is 0 Å². The van der Waals surface area contributed by atoms with Gasteiger partial charge in [-0.25, -0.2) is 0 Å². The molecule has 4 nitrogen and oxygen atoms in total. The summed E-state index contributed by atoms with van der Waals surface area (Å²) in [7, 11) is 0. The van der Waals surface area contributed by atoms with E-state index in [1.54, 1.807) is 6.92 Å². The minimum absolute atomic E-state index is 0.0772. The maximum atomic E-state index is 13.2. The van der Waals surface area contributed by atoms with Crippen molar-refractivity contribution in [1.82, 2.24) is 4.90 Å². The average Bonchev–Trinajstić information content (AvgIpc) is 2.62. The molecule has 1 aromatic rings. The van der Waals surface area contributed by atoms with Crippen molar-refractivity contribution in [2.45, 2.75) is 49.2 Å². The van der Waals surface area contributed by atoms with Gasteiger partial charge in [0, 0.05) is 18.0 Å². The highest BCUT2D eigenvalue weighted by Crippen LogP contribution is 2.41. The summed E-state index contributed by atoms with van der Waals surface area (Å²) >= 11 is 1.36. The molecule has 5 heteroatoms. The smallest absolute Gasteiger partial charge is 0.255 e. The molecule has 2 unspecified atom stereocenters. The van der Waals surface area contributed by atoms with Crippen LogP contribution in [0.3, 0.4) is 0 Å². The predicted molar refractivity (Wildman–Crippen MR) is 102 cm³/mol. The standard InChI is InChI=1S/C20H26N2O2S/c1-15(18(21)23)25-17-9-4-3-8-16(17)19(24)22-13-7-12-20(14-22)10-5-2-6-11-20/h2-5,8-9,15H,6-7,10-14H2,1H3,(H2,21,23). The Morgan fingerprint density at radius 2 is 2.04 bits per heavy atom. The van der Waals surface area contributed by atoms with Gasteiger partial charge in [0.05, 0.1) is 10.8 Å². The van der Waals surface area contributed by atoms with Crippen molar-refractivity contribution in [3.05, 3.63) is 42.0 Å². The van der Waals surface area contributed by atoms with E-state index in [0.29, 0.717) is 5.56 Å². The molecule has 0 aromatic heterocycles. The van der Waals surface area contributed by atoms with Crippen LogP contribution >= 0.6 is 11.8 Å². The zero-order valence-corrected chi connectivity index (χ0v) is 15.6. The van der Waals surface area contributed by atoms with Crippen molar-refractivity contribution in [1.29, 1.82) is 0 Å². The van der Waals surface area contributed by atoms with Gasteiger partial charge in [-0.2, -0.15) is 0 Å². The second-order valence-corrected chi connectivity index (χ2v) is 8.59. The van der Waals surface area contributed by atoms with Crippen molar-refractivity contribution in [2.75, 3.05) is 13.1 Å². The Morgan fingerprint density at radius 3 is 2.76 bits per heavy atom. The van der Waals surface area contributed by atoms with Gasteiger partial charge in [0.15, 0.2) is 0 Å². The Hall–Kier alpha value is -1.75. The van der Waals surface area contributed by atoms with Crippen LogP contribution in [-0.4, -0.2) is 35.1 Å². The van der Waals surface area contributed by atoms with E-state index in [1.807, 2.05) is 29.2 Å². The number of rotatable bonds is 4. The van der Waals surface area contributed by atoms with Crippen LogP contribution in [-0.2, 0) is 4.79 Å². The largest absolute Gasteiger partial charge is 0.369 e. The van der Waals surface area contributed by atoms with Crippen molar-refractivity contribution in [2.24, 2.45) is 11.1 Å². The summed E-state index contributed by atoms with van der Waals surface area (Å²) in [6, 6.07) is 7.55. The summed E-state index contributed by atoms with van der Waals surface area (Å²) in [5.74, 6) is -0.286. The van der Waals surface area contributed by atoms with Gasteiger partial charge in [0.2, 0.25) is 5.91 Å². The van der Waals surface area contributed by atoms with Gasteiger partial charge in [-0.1, -0.05) is 24.3 Å². The quantitative estimate of drug-likeness (QED) is 0.660.